The summed E-state index contributed by atoms with van der Waals surface area (Å²) >= 11 is 1.56. The zero-order chi connectivity index (χ0) is 25.7. The van der Waals surface area contributed by atoms with Gasteiger partial charge in [0.1, 0.15) is 11.5 Å². The van der Waals surface area contributed by atoms with Crippen molar-refractivity contribution in [3.05, 3.63) is 72.3 Å². The maximum absolute atomic E-state index is 13.2. The number of rotatable bonds is 8. The zero-order valence-corrected chi connectivity index (χ0v) is 22.1. The first-order valence-electron chi connectivity index (χ1n) is 11.4. The van der Waals surface area contributed by atoms with Crippen molar-refractivity contribution in [3.8, 4) is 11.5 Å². The third kappa shape index (κ3) is 5.45. The van der Waals surface area contributed by atoms with E-state index < -0.39 is 10.0 Å². The summed E-state index contributed by atoms with van der Waals surface area (Å²) in [6.45, 7) is 1.85. The Bertz CT molecular complexity index is 1320. The van der Waals surface area contributed by atoms with E-state index in [-0.39, 0.29) is 10.8 Å². The molecule has 1 heterocycles. The second kappa shape index (κ2) is 11.2. The number of hydrogen-bond acceptors (Lipinski definition) is 7. The van der Waals surface area contributed by atoms with Gasteiger partial charge in [0.05, 0.1) is 30.4 Å². The van der Waals surface area contributed by atoms with Crippen LogP contribution >= 0.6 is 11.8 Å². The lowest BCUT2D eigenvalue weighted by molar-refractivity contribution is 0.102. The van der Waals surface area contributed by atoms with Crippen LogP contribution in [0.1, 0.15) is 10.4 Å². The molecule has 0 aliphatic carbocycles. The van der Waals surface area contributed by atoms with E-state index in [0.29, 0.717) is 43.2 Å². The first kappa shape index (κ1) is 25.9. The highest BCUT2D eigenvalue weighted by atomic mass is 32.2. The van der Waals surface area contributed by atoms with Gasteiger partial charge in [0.2, 0.25) is 10.0 Å². The van der Waals surface area contributed by atoms with Gasteiger partial charge in [-0.25, -0.2) is 8.42 Å². The van der Waals surface area contributed by atoms with Crippen LogP contribution in [-0.4, -0.2) is 65.3 Å². The summed E-state index contributed by atoms with van der Waals surface area (Å²) in [6, 6.07) is 19.3. The predicted octanol–water partition coefficient (Wildman–Crippen LogP) is 4.19. The monoisotopic (exact) mass is 527 g/mol. The van der Waals surface area contributed by atoms with Crippen LogP contribution in [0.4, 0.5) is 11.4 Å². The number of piperazine rings is 1. The minimum absolute atomic E-state index is 0.188. The summed E-state index contributed by atoms with van der Waals surface area (Å²) in [6.07, 6.45) is 1.95. The van der Waals surface area contributed by atoms with E-state index in [4.69, 9.17) is 9.47 Å². The fourth-order valence-electron chi connectivity index (χ4n) is 4.10. The van der Waals surface area contributed by atoms with Gasteiger partial charge in [-0.05, 0) is 60.9 Å². The normalized spacial score (nSPS) is 14.4. The number of anilines is 2. The molecule has 0 aromatic heterocycles. The van der Waals surface area contributed by atoms with E-state index in [0.717, 1.165) is 16.3 Å². The number of carbonyl (C=O) groups excluding carboxylic acids is 1. The van der Waals surface area contributed by atoms with Crippen LogP contribution in [-0.2, 0) is 10.0 Å². The Morgan fingerprint density at radius 2 is 1.56 bits per heavy atom. The molecule has 0 atom stereocenters. The molecule has 1 saturated heterocycles. The summed E-state index contributed by atoms with van der Waals surface area (Å²) in [4.78, 5) is 16.1. The number of nitrogens with one attached hydrogen (secondary N) is 1. The number of methoxy groups -OCH3 is 2. The van der Waals surface area contributed by atoms with Crippen molar-refractivity contribution < 1.29 is 22.7 Å². The number of thioether (sulfide) groups is 1. The zero-order valence-electron chi connectivity index (χ0n) is 20.4. The highest BCUT2D eigenvalue weighted by molar-refractivity contribution is 7.98. The van der Waals surface area contributed by atoms with E-state index in [1.165, 1.54) is 23.5 Å². The molecule has 0 radical (unpaired) electrons. The van der Waals surface area contributed by atoms with E-state index in [1.54, 1.807) is 37.1 Å². The number of amides is 1. The molecule has 3 aromatic rings. The molecule has 0 bridgehead atoms. The Hall–Kier alpha value is -3.21. The summed E-state index contributed by atoms with van der Waals surface area (Å²) in [7, 11) is -0.511. The maximum atomic E-state index is 13.2. The first-order chi connectivity index (χ1) is 17.4. The van der Waals surface area contributed by atoms with E-state index in [2.05, 4.69) is 10.2 Å². The van der Waals surface area contributed by atoms with Crippen molar-refractivity contribution in [1.82, 2.24) is 4.31 Å². The van der Waals surface area contributed by atoms with Gasteiger partial charge in [-0.3, -0.25) is 4.79 Å². The number of nitrogens with zero attached hydrogens (tertiary/aromatic N) is 2. The van der Waals surface area contributed by atoms with Gasteiger partial charge in [-0.1, -0.05) is 12.1 Å². The number of ether oxygens (including phenoxy) is 2. The Labute approximate surface area is 216 Å². The van der Waals surface area contributed by atoms with Crippen LogP contribution in [0.5, 0.6) is 11.5 Å². The standard InChI is InChI=1S/C26H29N3O5S2/c1-33-24-7-5-4-6-23(24)28-14-16-29(17-15-28)36(31,32)21-11-8-19(9-12-21)27-26(30)22-13-10-20(35-3)18-25(22)34-2/h4-13,18H,14-17H2,1-3H3,(H,27,30). The molecule has 190 valence electrons. The number of carbonyl (C=O) groups is 1. The number of para-hydroxylation sites is 2. The molecule has 1 fully saturated rings. The molecule has 1 N–H and O–H groups in total. The smallest absolute Gasteiger partial charge is 0.259 e. The minimum atomic E-state index is -3.66. The minimum Gasteiger partial charge on any atom is -0.496 e. The molecule has 1 aliphatic rings. The Morgan fingerprint density at radius 1 is 0.889 bits per heavy atom. The SMILES string of the molecule is COc1cc(SC)ccc1C(=O)Nc1ccc(S(=O)(=O)N2CCN(c3ccccc3OC)CC2)cc1. The van der Waals surface area contributed by atoms with E-state index >= 15 is 0 Å². The summed E-state index contributed by atoms with van der Waals surface area (Å²) in [5.41, 5.74) is 1.85. The Balaban J connectivity index is 1.42. The fourth-order valence-corrected chi connectivity index (χ4v) is 5.96. The summed E-state index contributed by atoms with van der Waals surface area (Å²) in [5.74, 6) is 0.914. The van der Waals surface area contributed by atoms with Crippen molar-refractivity contribution in [3.63, 3.8) is 0 Å². The topological polar surface area (TPSA) is 88.2 Å². The molecule has 1 amide bonds. The third-order valence-corrected chi connectivity index (χ3v) is 8.71. The maximum Gasteiger partial charge on any atom is 0.259 e. The molecule has 8 nitrogen and oxygen atoms in total. The largest absolute Gasteiger partial charge is 0.496 e. The van der Waals surface area contributed by atoms with Gasteiger partial charge in [-0.15, -0.1) is 11.8 Å². The number of hydrogen-bond donors (Lipinski definition) is 1. The predicted molar refractivity (Wildman–Crippen MR) is 143 cm³/mol. The Morgan fingerprint density at radius 3 is 2.19 bits per heavy atom. The van der Waals surface area contributed by atoms with Crippen molar-refractivity contribution in [1.29, 1.82) is 0 Å². The average Bonchev–Trinajstić information content (AvgIpc) is 2.93. The van der Waals surface area contributed by atoms with Gasteiger partial charge in [0, 0.05) is 36.8 Å². The van der Waals surface area contributed by atoms with Crippen LogP contribution in [0.2, 0.25) is 0 Å². The lowest BCUT2D eigenvalue weighted by Crippen LogP contribution is -2.48. The fraction of sp³-hybridized carbons (Fsp3) is 0.269. The van der Waals surface area contributed by atoms with Gasteiger partial charge in [0.15, 0.2) is 0 Å². The van der Waals surface area contributed by atoms with Crippen molar-refractivity contribution in [2.75, 3.05) is 56.9 Å². The molecule has 0 unspecified atom stereocenters. The second-order valence-electron chi connectivity index (χ2n) is 8.11. The van der Waals surface area contributed by atoms with Gasteiger partial charge < -0.3 is 19.7 Å². The molecular weight excluding hydrogens is 498 g/mol. The molecule has 10 heteroatoms. The van der Waals surface area contributed by atoms with Gasteiger partial charge in [-0.2, -0.15) is 4.31 Å². The number of sulfonamides is 1. The first-order valence-corrected chi connectivity index (χ1v) is 14.1. The van der Waals surface area contributed by atoms with Crippen LogP contribution in [0.15, 0.2) is 76.5 Å². The van der Waals surface area contributed by atoms with E-state index in [9.17, 15) is 13.2 Å². The van der Waals surface area contributed by atoms with Gasteiger partial charge in [0.25, 0.3) is 5.91 Å². The molecular formula is C26H29N3O5S2. The Kier molecular flexibility index (Phi) is 8.07. The molecule has 3 aromatic carbocycles. The van der Waals surface area contributed by atoms with Gasteiger partial charge >= 0.3 is 0 Å². The molecule has 36 heavy (non-hydrogen) atoms. The molecule has 1 aliphatic heterocycles. The van der Waals surface area contributed by atoms with Crippen LogP contribution in [0.3, 0.4) is 0 Å². The number of benzene rings is 3. The average molecular weight is 528 g/mol. The van der Waals surface area contributed by atoms with Crippen LogP contribution in [0.25, 0.3) is 0 Å². The molecule has 4 rings (SSSR count). The third-order valence-electron chi connectivity index (χ3n) is 6.07. The van der Waals surface area contributed by atoms with Crippen molar-refractivity contribution in [2.24, 2.45) is 0 Å². The van der Waals surface area contributed by atoms with Crippen LogP contribution in [0, 0.1) is 0 Å². The van der Waals surface area contributed by atoms with Crippen molar-refractivity contribution >= 4 is 39.1 Å². The highest BCUT2D eigenvalue weighted by Crippen LogP contribution is 2.30. The second-order valence-corrected chi connectivity index (χ2v) is 10.9. The van der Waals surface area contributed by atoms with E-state index in [1.807, 2.05) is 42.7 Å². The van der Waals surface area contributed by atoms with Crippen LogP contribution < -0.4 is 19.7 Å². The highest BCUT2D eigenvalue weighted by Gasteiger charge is 2.29. The lowest BCUT2D eigenvalue weighted by Gasteiger charge is -2.35. The lowest BCUT2D eigenvalue weighted by atomic mass is 10.2. The van der Waals surface area contributed by atoms with Crippen molar-refractivity contribution in [2.45, 2.75) is 9.79 Å². The molecule has 0 spiro atoms. The summed E-state index contributed by atoms with van der Waals surface area (Å²) < 4.78 is 38.7. The molecule has 0 saturated carbocycles. The summed E-state index contributed by atoms with van der Waals surface area (Å²) in [5, 5.41) is 2.81. The quantitative estimate of drug-likeness (QED) is 0.440.